The highest BCUT2D eigenvalue weighted by atomic mass is 15.1. The predicted octanol–water partition coefficient (Wildman–Crippen LogP) is 10.3. The van der Waals surface area contributed by atoms with E-state index in [9.17, 15) is 0 Å². The summed E-state index contributed by atoms with van der Waals surface area (Å²) in [6.07, 6.45) is 15.2. The Hall–Kier alpha value is -4.30. The molecule has 5 aromatic rings. The highest BCUT2D eigenvalue weighted by Crippen LogP contribution is 2.51. The number of unbranched alkanes of at least 4 members (excludes halogenated alkanes) is 1. The molecule has 0 spiro atoms. The Kier molecular flexibility index (Phi) is 8.84. The average Bonchev–Trinajstić information content (AvgIpc) is 3.08. The summed E-state index contributed by atoms with van der Waals surface area (Å²) in [7, 11) is 2.15. The normalized spacial score (nSPS) is 18.8. The van der Waals surface area contributed by atoms with E-state index in [-0.39, 0.29) is 11.0 Å². The van der Waals surface area contributed by atoms with Crippen LogP contribution < -0.4 is 9.13 Å². The third-order valence-electron chi connectivity index (χ3n) is 10.9. The number of hydrogen-bond acceptors (Lipinski definition) is 0. The van der Waals surface area contributed by atoms with Crippen molar-refractivity contribution in [3.8, 4) is 33.6 Å². The maximum absolute atomic E-state index is 2.66. The van der Waals surface area contributed by atoms with Gasteiger partial charge in [-0.15, -0.1) is 0 Å². The van der Waals surface area contributed by atoms with Crippen LogP contribution in [0, 0.1) is 13.8 Å². The van der Waals surface area contributed by atoms with E-state index in [0.717, 1.165) is 19.3 Å². The lowest BCUT2D eigenvalue weighted by molar-refractivity contribution is -0.755. The van der Waals surface area contributed by atoms with E-state index in [4.69, 9.17) is 0 Å². The van der Waals surface area contributed by atoms with Crippen molar-refractivity contribution in [1.29, 1.82) is 0 Å². The lowest BCUT2D eigenvalue weighted by Gasteiger charge is -2.46. The summed E-state index contributed by atoms with van der Waals surface area (Å²) in [6, 6.07) is 34.0. The minimum Gasteiger partial charge on any atom is -0.201 e. The summed E-state index contributed by atoms with van der Waals surface area (Å²) in [4.78, 5) is 0. The second-order valence-electron chi connectivity index (χ2n) is 13.5. The van der Waals surface area contributed by atoms with E-state index in [1.807, 2.05) is 0 Å². The smallest absolute Gasteiger partial charge is 0.201 e. The van der Waals surface area contributed by atoms with Crippen LogP contribution in [0.1, 0.15) is 81.2 Å². The molecule has 0 saturated carbocycles. The summed E-state index contributed by atoms with van der Waals surface area (Å²) < 4.78 is 4.91. The zero-order valence-corrected chi connectivity index (χ0v) is 28.9. The highest BCUT2D eigenvalue weighted by Gasteiger charge is 2.58. The molecule has 6 rings (SSSR count). The van der Waals surface area contributed by atoms with Crippen molar-refractivity contribution in [2.75, 3.05) is 0 Å². The van der Waals surface area contributed by atoms with Crippen molar-refractivity contribution < 1.29 is 9.13 Å². The summed E-state index contributed by atoms with van der Waals surface area (Å²) in [5.41, 5.74) is 14.2. The Morgan fingerprint density at radius 3 is 2.11 bits per heavy atom. The molecule has 46 heavy (non-hydrogen) atoms. The van der Waals surface area contributed by atoms with Crippen LogP contribution in [0.3, 0.4) is 0 Å². The fourth-order valence-corrected chi connectivity index (χ4v) is 8.10. The number of hydrogen-bond donors (Lipinski definition) is 0. The molecule has 2 nitrogen and oxygen atoms in total. The molecule has 0 radical (unpaired) electrons. The first-order valence-electron chi connectivity index (χ1n) is 17.3. The summed E-state index contributed by atoms with van der Waals surface area (Å²) >= 11 is 0. The summed E-state index contributed by atoms with van der Waals surface area (Å²) in [5, 5.41) is 0. The van der Waals surface area contributed by atoms with Crippen LogP contribution in [0.15, 0.2) is 109 Å². The lowest BCUT2D eigenvalue weighted by atomic mass is 9.59. The van der Waals surface area contributed by atoms with Crippen LogP contribution in [0.5, 0.6) is 0 Å². The second-order valence-corrected chi connectivity index (χ2v) is 13.5. The SMILES string of the molecule is CCCCc1ccccc1-c1c[n+]2c(cc1C)-c1ccccc1C(C)(CC)C2(C=Cc1ccccc1-c1ccc(C)c[n+]1C)CC. The maximum atomic E-state index is 2.66. The molecular formula is C44H50N2+2. The predicted molar refractivity (Wildman–Crippen MR) is 194 cm³/mol. The molecule has 1 aliphatic rings. The van der Waals surface area contributed by atoms with Gasteiger partial charge in [0.15, 0.2) is 17.9 Å². The molecule has 3 heterocycles. The fraction of sp³-hybridized carbons (Fsp3) is 0.318. The first-order chi connectivity index (χ1) is 22.3. The van der Waals surface area contributed by atoms with Crippen LogP contribution in [-0.2, 0) is 24.4 Å². The summed E-state index contributed by atoms with van der Waals surface area (Å²) in [5.74, 6) is 0. The molecule has 2 atom stereocenters. The third kappa shape index (κ3) is 5.22. The van der Waals surface area contributed by atoms with Gasteiger partial charge in [-0.05, 0) is 92.1 Å². The Labute approximate surface area is 277 Å². The number of aromatic nitrogens is 2. The number of nitrogens with zero attached hydrogens (tertiary/aromatic N) is 2. The molecule has 3 aromatic carbocycles. The number of fused-ring (bicyclic) bond motifs is 3. The third-order valence-corrected chi connectivity index (χ3v) is 10.9. The summed E-state index contributed by atoms with van der Waals surface area (Å²) in [6.45, 7) is 14.0. The molecule has 2 unspecified atom stereocenters. The lowest BCUT2D eigenvalue weighted by Crippen LogP contribution is -2.68. The van der Waals surface area contributed by atoms with Crippen molar-refractivity contribution in [2.45, 2.75) is 84.6 Å². The van der Waals surface area contributed by atoms with Gasteiger partial charge in [-0.2, -0.15) is 4.57 Å². The minimum absolute atomic E-state index is 0.121. The first kappa shape index (κ1) is 31.7. The average molecular weight is 607 g/mol. The molecule has 0 amide bonds. The second kappa shape index (κ2) is 12.8. The number of aryl methyl sites for hydroxylation is 4. The molecule has 234 valence electrons. The van der Waals surface area contributed by atoms with E-state index in [1.165, 1.54) is 74.3 Å². The van der Waals surface area contributed by atoms with Crippen LogP contribution in [0.4, 0.5) is 0 Å². The van der Waals surface area contributed by atoms with Gasteiger partial charge in [0.2, 0.25) is 11.4 Å². The number of allylic oxidation sites excluding steroid dienone is 1. The van der Waals surface area contributed by atoms with Gasteiger partial charge in [0.05, 0.1) is 16.5 Å². The molecule has 1 aliphatic heterocycles. The number of benzene rings is 3. The Morgan fingerprint density at radius 2 is 1.39 bits per heavy atom. The van der Waals surface area contributed by atoms with Gasteiger partial charge in [0, 0.05) is 29.7 Å². The zero-order valence-electron chi connectivity index (χ0n) is 28.9. The standard InChI is InChI=1S/C44H50N2/c1-8-11-18-34-19-12-14-21-36(34)39-31-46-42(29-33(39)5)38-23-16-17-24-40(38)43(6,9-2)44(46,10-3)28-27-35-20-13-15-22-37(35)41-26-25-32(4)30-45(41)7/h12-17,19-31H,8-11,18H2,1-7H3/q+2. The molecule has 0 N–H and O–H groups in total. The van der Waals surface area contributed by atoms with E-state index < -0.39 is 0 Å². The van der Waals surface area contributed by atoms with Gasteiger partial charge >= 0.3 is 0 Å². The Bertz CT molecular complexity index is 1910. The quantitative estimate of drug-likeness (QED) is 0.148. The zero-order chi connectivity index (χ0) is 32.5. The molecule has 0 fully saturated rings. The maximum Gasteiger partial charge on any atom is 0.213 e. The minimum atomic E-state index is -0.283. The molecule has 0 saturated heterocycles. The van der Waals surface area contributed by atoms with Gasteiger partial charge in [-0.1, -0.05) is 93.9 Å². The van der Waals surface area contributed by atoms with E-state index >= 15 is 0 Å². The van der Waals surface area contributed by atoms with E-state index in [0.29, 0.717) is 0 Å². The van der Waals surface area contributed by atoms with Crippen LogP contribution in [0.25, 0.3) is 39.7 Å². The van der Waals surface area contributed by atoms with Crippen LogP contribution in [-0.4, -0.2) is 0 Å². The topological polar surface area (TPSA) is 7.76 Å². The van der Waals surface area contributed by atoms with Crippen LogP contribution in [0.2, 0.25) is 0 Å². The van der Waals surface area contributed by atoms with E-state index in [1.54, 1.807) is 0 Å². The Balaban J connectivity index is 1.61. The monoisotopic (exact) mass is 606 g/mol. The molecule has 0 aliphatic carbocycles. The van der Waals surface area contributed by atoms with Gasteiger partial charge in [-0.3, -0.25) is 0 Å². The van der Waals surface area contributed by atoms with Crippen molar-refractivity contribution in [3.63, 3.8) is 0 Å². The number of rotatable bonds is 9. The molecule has 2 heteroatoms. The number of pyridine rings is 2. The van der Waals surface area contributed by atoms with E-state index in [2.05, 4.69) is 173 Å². The van der Waals surface area contributed by atoms with Crippen LogP contribution >= 0.6 is 0 Å². The van der Waals surface area contributed by atoms with Crippen molar-refractivity contribution in [3.05, 3.63) is 137 Å². The van der Waals surface area contributed by atoms with Gasteiger partial charge in [-0.25, -0.2) is 4.57 Å². The largest absolute Gasteiger partial charge is 0.213 e. The van der Waals surface area contributed by atoms with Gasteiger partial charge in [0.1, 0.15) is 7.05 Å². The molecule has 0 bridgehead atoms. The van der Waals surface area contributed by atoms with Gasteiger partial charge in [0.25, 0.3) is 0 Å². The molecular weight excluding hydrogens is 556 g/mol. The molecule has 2 aromatic heterocycles. The van der Waals surface area contributed by atoms with Crippen molar-refractivity contribution in [2.24, 2.45) is 7.05 Å². The fourth-order valence-electron chi connectivity index (χ4n) is 8.10. The van der Waals surface area contributed by atoms with Crippen molar-refractivity contribution >= 4 is 6.08 Å². The van der Waals surface area contributed by atoms with Gasteiger partial charge < -0.3 is 0 Å². The van der Waals surface area contributed by atoms with Crippen molar-refractivity contribution in [1.82, 2.24) is 0 Å². The highest BCUT2D eigenvalue weighted by molar-refractivity contribution is 5.75. The first-order valence-corrected chi connectivity index (χ1v) is 17.3. The Morgan fingerprint density at radius 1 is 0.696 bits per heavy atom.